The molecule has 1 aromatic carbocycles. The van der Waals surface area contributed by atoms with Crippen LogP contribution in [0.25, 0.3) is 5.82 Å². The van der Waals surface area contributed by atoms with Crippen LogP contribution in [0.2, 0.25) is 0 Å². The fraction of sp³-hybridized carbons (Fsp3) is 0.125. The maximum Gasteiger partial charge on any atom is 0.573 e. The van der Waals surface area contributed by atoms with E-state index in [0.717, 1.165) is 0 Å². The molecular weight excluding hydrogens is 351 g/mol. The Labute approximate surface area is 145 Å². The molecule has 1 N–H and O–H groups in total. The molecule has 0 saturated carbocycles. The van der Waals surface area contributed by atoms with Gasteiger partial charge < -0.3 is 10.1 Å². The van der Waals surface area contributed by atoms with Gasteiger partial charge in [0.1, 0.15) is 5.75 Å². The van der Waals surface area contributed by atoms with Gasteiger partial charge in [0.2, 0.25) is 0 Å². The minimum Gasteiger partial charge on any atom is -0.405 e. The zero-order valence-corrected chi connectivity index (χ0v) is 13.1. The monoisotopic (exact) mass is 363 g/mol. The van der Waals surface area contributed by atoms with Crippen molar-refractivity contribution in [2.75, 3.05) is 0 Å². The molecule has 0 aliphatic carbocycles. The Morgan fingerprint density at radius 3 is 2.58 bits per heavy atom. The van der Waals surface area contributed by atoms with Crippen LogP contribution in [-0.4, -0.2) is 32.2 Å². The average Bonchev–Trinajstić information content (AvgIpc) is 3.14. The number of hydrogen-bond acceptors (Lipinski definition) is 5. The first kappa shape index (κ1) is 17.4. The second-order valence-electron chi connectivity index (χ2n) is 5.07. The molecule has 0 aliphatic heterocycles. The average molecular weight is 363 g/mol. The second kappa shape index (κ2) is 7.21. The summed E-state index contributed by atoms with van der Waals surface area (Å²) in [6.07, 6.45) is -1.57. The summed E-state index contributed by atoms with van der Waals surface area (Å²) in [5.74, 6) is -0.526. The van der Waals surface area contributed by atoms with E-state index in [4.69, 9.17) is 0 Å². The lowest BCUT2D eigenvalue weighted by atomic mass is 10.2. The lowest BCUT2D eigenvalue weighted by Crippen LogP contribution is -2.25. The highest BCUT2D eigenvalue weighted by Crippen LogP contribution is 2.26. The number of alkyl halides is 3. The molecule has 3 rings (SSSR count). The maximum atomic E-state index is 12.4. The Balaban J connectivity index is 1.66. The summed E-state index contributed by atoms with van der Waals surface area (Å²) in [7, 11) is 0. The summed E-state index contributed by atoms with van der Waals surface area (Å²) in [5, 5.41) is 14.1. The van der Waals surface area contributed by atoms with Crippen molar-refractivity contribution < 1.29 is 22.7 Å². The van der Waals surface area contributed by atoms with E-state index < -0.39 is 12.3 Å². The number of para-hydroxylation sites is 1. The zero-order chi connectivity index (χ0) is 18.6. The van der Waals surface area contributed by atoms with E-state index >= 15 is 0 Å². The molecule has 0 fully saturated rings. The highest BCUT2D eigenvalue weighted by molar-refractivity contribution is 5.92. The van der Waals surface area contributed by atoms with Crippen LogP contribution in [0.5, 0.6) is 5.75 Å². The van der Waals surface area contributed by atoms with Crippen molar-refractivity contribution in [2.45, 2.75) is 12.9 Å². The molecule has 2 aromatic heterocycles. The number of aromatic nitrogens is 4. The van der Waals surface area contributed by atoms with Gasteiger partial charge in [-0.05, 0) is 24.3 Å². The van der Waals surface area contributed by atoms with E-state index in [-0.39, 0.29) is 23.6 Å². The molecule has 26 heavy (non-hydrogen) atoms. The summed E-state index contributed by atoms with van der Waals surface area (Å²) < 4.78 is 42.6. The first-order chi connectivity index (χ1) is 12.4. The third-order valence-electron chi connectivity index (χ3n) is 3.26. The Bertz CT molecular complexity index is 880. The topological polar surface area (TPSA) is 81.9 Å². The second-order valence-corrected chi connectivity index (χ2v) is 5.07. The molecule has 3 aromatic rings. The summed E-state index contributed by atoms with van der Waals surface area (Å²) in [4.78, 5) is 12.1. The molecule has 134 valence electrons. The van der Waals surface area contributed by atoms with Gasteiger partial charge in [0.25, 0.3) is 5.91 Å². The van der Waals surface area contributed by atoms with Crippen molar-refractivity contribution in [2.24, 2.45) is 0 Å². The third-order valence-corrected chi connectivity index (χ3v) is 3.26. The Morgan fingerprint density at radius 1 is 1.12 bits per heavy atom. The van der Waals surface area contributed by atoms with E-state index in [1.165, 1.54) is 28.9 Å². The molecule has 0 spiro atoms. The van der Waals surface area contributed by atoms with E-state index in [1.54, 1.807) is 30.6 Å². The normalized spacial score (nSPS) is 11.2. The number of benzene rings is 1. The van der Waals surface area contributed by atoms with Crippen molar-refractivity contribution in [3.63, 3.8) is 0 Å². The molecule has 0 aliphatic rings. The molecule has 0 saturated heterocycles. The molecule has 2 heterocycles. The van der Waals surface area contributed by atoms with Crippen LogP contribution in [0.15, 0.2) is 54.9 Å². The van der Waals surface area contributed by atoms with Crippen molar-refractivity contribution in [1.82, 2.24) is 25.3 Å². The molecule has 0 unspecified atom stereocenters. The van der Waals surface area contributed by atoms with Crippen LogP contribution in [0.1, 0.15) is 16.1 Å². The lowest BCUT2D eigenvalue weighted by Gasteiger charge is -2.13. The van der Waals surface area contributed by atoms with E-state index in [0.29, 0.717) is 5.82 Å². The summed E-state index contributed by atoms with van der Waals surface area (Å²) in [5.41, 5.74) is 0.203. The highest BCUT2D eigenvalue weighted by Gasteiger charge is 2.32. The predicted octanol–water partition coefficient (Wildman–Crippen LogP) is 2.49. The first-order valence-electron chi connectivity index (χ1n) is 7.38. The minimum absolute atomic E-state index is 0.0233. The van der Waals surface area contributed by atoms with Crippen LogP contribution in [0.3, 0.4) is 0 Å². The number of rotatable bonds is 5. The van der Waals surface area contributed by atoms with Crippen LogP contribution in [0, 0.1) is 0 Å². The smallest absolute Gasteiger partial charge is 0.405 e. The molecule has 0 atom stereocenters. The predicted molar refractivity (Wildman–Crippen MR) is 83.4 cm³/mol. The number of amides is 1. The largest absolute Gasteiger partial charge is 0.573 e. The molecular formula is C16H12F3N5O2. The maximum absolute atomic E-state index is 12.4. The Hall–Kier alpha value is -3.43. The Kier molecular flexibility index (Phi) is 4.83. The van der Waals surface area contributed by atoms with Crippen molar-refractivity contribution in [1.29, 1.82) is 0 Å². The fourth-order valence-electron chi connectivity index (χ4n) is 2.11. The molecule has 10 heteroatoms. The van der Waals surface area contributed by atoms with Crippen LogP contribution < -0.4 is 10.1 Å². The molecule has 7 nitrogen and oxygen atoms in total. The van der Waals surface area contributed by atoms with Crippen LogP contribution in [0.4, 0.5) is 13.2 Å². The van der Waals surface area contributed by atoms with Crippen molar-refractivity contribution in [3.05, 3.63) is 66.1 Å². The lowest BCUT2D eigenvalue weighted by molar-refractivity contribution is -0.274. The zero-order valence-electron chi connectivity index (χ0n) is 13.1. The molecule has 0 bridgehead atoms. The quantitative estimate of drug-likeness (QED) is 0.753. The van der Waals surface area contributed by atoms with Crippen molar-refractivity contribution in [3.8, 4) is 11.6 Å². The highest BCUT2D eigenvalue weighted by atomic mass is 19.4. The standard InChI is InChI=1S/C16H12F3N5O2/c17-16(18,19)26-13-5-2-1-4-11(13)10-20-15(25)12-6-7-14(23-22-12)24-9-3-8-21-24/h1-9H,10H2,(H,20,25). The van der Waals surface area contributed by atoms with Crippen molar-refractivity contribution >= 4 is 5.91 Å². The van der Waals surface area contributed by atoms with Gasteiger partial charge in [-0.25, -0.2) is 4.68 Å². The van der Waals surface area contributed by atoms with Gasteiger partial charge in [0, 0.05) is 24.5 Å². The fourth-order valence-corrected chi connectivity index (χ4v) is 2.11. The number of carbonyl (C=O) groups excluding carboxylic acids is 1. The minimum atomic E-state index is -4.81. The number of nitrogens with one attached hydrogen (secondary N) is 1. The Morgan fingerprint density at radius 2 is 1.92 bits per heavy atom. The number of ether oxygens (including phenoxy) is 1. The number of nitrogens with zero attached hydrogens (tertiary/aromatic N) is 4. The van der Waals surface area contributed by atoms with Gasteiger partial charge in [0.05, 0.1) is 0 Å². The van der Waals surface area contributed by atoms with E-state index in [9.17, 15) is 18.0 Å². The van der Waals surface area contributed by atoms with Gasteiger partial charge in [-0.3, -0.25) is 4.79 Å². The van der Waals surface area contributed by atoms with E-state index in [2.05, 4.69) is 25.3 Å². The summed E-state index contributed by atoms with van der Waals surface area (Å²) in [6, 6.07) is 10.3. The van der Waals surface area contributed by atoms with E-state index in [1.807, 2.05) is 0 Å². The summed E-state index contributed by atoms with van der Waals surface area (Å²) in [6.45, 7) is -0.159. The van der Waals surface area contributed by atoms with Gasteiger partial charge >= 0.3 is 6.36 Å². The molecule has 1 amide bonds. The summed E-state index contributed by atoms with van der Waals surface area (Å²) >= 11 is 0. The van der Waals surface area contributed by atoms with Crippen LogP contribution >= 0.6 is 0 Å². The number of hydrogen-bond donors (Lipinski definition) is 1. The van der Waals surface area contributed by atoms with Gasteiger partial charge in [-0.15, -0.1) is 23.4 Å². The SMILES string of the molecule is O=C(NCc1ccccc1OC(F)(F)F)c1ccc(-n2cccn2)nn1. The van der Waals surface area contributed by atoms with Gasteiger partial charge in [0.15, 0.2) is 11.5 Å². The number of carbonyl (C=O) groups is 1. The number of halogens is 3. The first-order valence-corrected chi connectivity index (χ1v) is 7.38. The van der Waals surface area contributed by atoms with Gasteiger partial charge in [-0.1, -0.05) is 18.2 Å². The van der Waals surface area contributed by atoms with Crippen LogP contribution in [-0.2, 0) is 6.54 Å². The third kappa shape index (κ3) is 4.35. The molecule has 0 radical (unpaired) electrons. The van der Waals surface area contributed by atoms with Gasteiger partial charge in [-0.2, -0.15) is 5.10 Å².